The number of aliphatic hydroxyl groups excluding tert-OH is 1. The molecule has 2 saturated heterocycles. The number of benzene rings is 5. The van der Waals surface area contributed by atoms with Crippen LogP contribution < -0.4 is 5.32 Å². The lowest BCUT2D eigenvalue weighted by atomic mass is 9.84. The SMILES string of the molecule is C[C@H]1[C@@H](CN2CCC(O)(c3ccc(Cl)cc3)CC2)O[C@@H](c2ccc(-c3cccc(CNC(=O)c4cnc5ccccc5n4)c3)cc2)O[C@H]1c1ccc(CO)cc1. The van der Waals surface area contributed by atoms with Gasteiger partial charge in [0.2, 0.25) is 0 Å². The van der Waals surface area contributed by atoms with E-state index in [9.17, 15) is 15.0 Å². The van der Waals surface area contributed by atoms with Crippen LogP contribution in [0.5, 0.6) is 0 Å². The van der Waals surface area contributed by atoms with Crippen molar-refractivity contribution in [2.75, 3.05) is 19.6 Å². The second-order valence-electron chi connectivity index (χ2n) is 14.9. The van der Waals surface area contributed by atoms with Gasteiger partial charge in [0.1, 0.15) is 5.69 Å². The fourth-order valence-corrected chi connectivity index (χ4v) is 7.90. The van der Waals surface area contributed by atoms with Crippen molar-refractivity contribution in [3.05, 3.63) is 166 Å². The van der Waals surface area contributed by atoms with Gasteiger partial charge in [-0.1, -0.05) is 110 Å². The Kier molecular flexibility index (Phi) is 11.2. The predicted octanol–water partition coefficient (Wildman–Crippen LogP) is 8.15. The van der Waals surface area contributed by atoms with Gasteiger partial charge in [0.05, 0.1) is 41.6 Å². The number of halogens is 1. The van der Waals surface area contributed by atoms with Gasteiger partial charge in [0.15, 0.2) is 6.29 Å². The van der Waals surface area contributed by atoms with Crippen molar-refractivity contribution in [3.8, 4) is 11.1 Å². The first-order chi connectivity index (χ1) is 27.2. The number of hydrogen-bond donors (Lipinski definition) is 3. The minimum atomic E-state index is -0.884. The highest BCUT2D eigenvalue weighted by Gasteiger charge is 2.41. The third-order valence-corrected chi connectivity index (χ3v) is 11.5. The molecule has 0 radical (unpaired) electrons. The minimum Gasteiger partial charge on any atom is -0.392 e. The summed E-state index contributed by atoms with van der Waals surface area (Å²) in [6.45, 7) is 4.69. The maximum absolute atomic E-state index is 12.9. The summed E-state index contributed by atoms with van der Waals surface area (Å²) in [6.07, 6.45) is 1.79. The van der Waals surface area contributed by atoms with Gasteiger partial charge in [-0.3, -0.25) is 9.78 Å². The Morgan fingerprint density at radius 3 is 2.29 bits per heavy atom. The number of aromatic nitrogens is 2. The smallest absolute Gasteiger partial charge is 0.271 e. The third kappa shape index (κ3) is 8.39. The number of hydrogen-bond acceptors (Lipinski definition) is 8. The van der Waals surface area contributed by atoms with Crippen LogP contribution in [0.4, 0.5) is 0 Å². The summed E-state index contributed by atoms with van der Waals surface area (Å²) in [6, 6.07) is 39.3. The molecule has 0 aliphatic carbocycles. The Balaban J connectivity index is 0.956. The quantitative estimate of drug-likeness (QED) is 0.128. The normalized spacial score (nSPS) is 21.1. The van der Waals surface area contributed by atoms with Crippen LogP contribution in [-0.2, 0) is 28.2 Å². The summed E-state index contributed by atoms with van der Waals surface area (Å²) >= 11 is 6.12. The maximum atomic E-state index is 12.9. The number of carbonyl (C=O) groups is 1. The average Bonchev–Trinajstić information content (AvgIpc) is 3.24. The van der Waals surface area contributed by atoms with Crippen LogP contribution in [0.15, 0.2) is 128 Å². The number of carbonyl (C=O) groups excluding carboxylic acids is 1. The van der Waals surface area contributed by atoms with Gasteiger partial charge in [-0.15, -0.1) is 0 Å². The highest BCUT2D eigenvalue weighted by Crippen LogP contribution is 2.43. The van der Waals surface area contributed by atoms with Crippen LogP contribution in [0.1, 0.15) is 70.5 Å². The molecule has 10 heteroatoms. The van der Waals surface area contributed by atoms with Crippen LogP contribution in [-0.4, -0.2) is 56.7 Å². The molecule has 286 valence electrons. The van der Waals surface area contributed by atoms with Crippen LogP contribution in [0.2, 0.25) is 5.02 Å². The molecule has 2 aliphatic heterocycles. The molecule has 2 aliphatic rings. The highest BCUT2D eigenvalue weighted by atomic mass is 35.5. The van der Waals surface area contributed by atoms with Crippen LogP contribution >= 0.6 is 11.6 Å². The molecule has 1 amide bonds. The first-order valence-electron chi connectivity index (χ1n) is 19.2. The number of fused-ring (bicyclic) bond motifs is 1. The molecule has 3 heterocycles. The van der Waals surface area contributed by atoms with E-state index in [2.05, 4.69) is 63.5 Å². The first kappa shape index (κ1) is 37.9. The maximum Gasteiger partial charge on any atom is 0.271 e. The molecule has 4 atom stereocenters. The third-order valence-electron chi connectivity index (χ3n) is 11.2. The minimum absolute atomic E-state index is 0.0164. The first-order valence-corrected chi connectivity index (χ1v) is 19.5. The summed E-state index contributed by atoms with van der Waals surface area (Å²) in [5.74, 6) is -0.237. The van der Waals surface area contributed by atoms with Gasteiger partial charge in [-0.25, -0.2) is 4.98 Å². The summed E-state index contributed by atoms with van der Waals surface area (Å²) in [4.78, 5) is 24.1. The molecular weight excluding hydrogens is 724 g/mol. The number of aliphatic hydroxyl groups is 2. The van der Waals surface area contributed by atoms with Gasteiger partial charge in [-0.05, 0) is 76.6 Å². The van der Waals surface area contributed by atoms with E-state index in [0.29, 0.717) is 36.5 Å². The monoisotopic (exact) mass is 768 g/mol. The number of piperidine rings is 1. The van der Waals surface area contributed by atoms with Crippen molar-refractivity contribution in [2.45, 2.75) is 57.0 Å². The molecule has 0 saturated carbocycles. The fourth-order valence-electron chi connectivity index (χ4n) is 7.77. The van der Waals surface area contributed by atoms with Crippen LogP contribution in [0.3, 0.4) is 0 Å². The number of likely N-dealkylation sites (tertiary alicyclic amines) is 1. The van der Waals surface area contributed by atoms with E-state index in [4.69, 9.17) is 21.1 Å². The number of amides is 1. The lowest BCUT2D eigenvalue weighted by Crippen LogP contribution is -2.49. The molecule has 0 spiro atoms. The molecule has 2 fully saturated rings. The van der Waals surface area contributed by atoms with E-state index in [1.165, 1.54) is 6.20 Å². The molecule has 1 aromatic heterocycles. The second kappa shape index (κ2) is 16.6. The van der Waals surface area contributed by atoms with Crippen molar-refractivity contribution in [3.63, 3.8) is 0 Å². The Bertz CT molecular complexity index is 2280. The van der Waals surface area contributed by atoms with E-state index in [1.807, 2.05) is 84.9 Å². The summed E-state index contributed by atoms with van der Waals surface area (Å²) in [7, 11) is 0. The van der Waals surface area contributed by atoms with E-state index in [1.54, 1.807) is 0 Å². The van der Waals surface area contributed by atoms with Crippen molar-refractivity contribution in [1.29, 1.82) is 0 Å². The van der Waals surface area contributed by atoms with E-state index in [-0.39, 0.29) is 36.3 Å². The Morgan fingerprint density at radius 1 is 0.839 bits per heavy atom. The summed E-state index contributed by atoms with van der Waals surface area (Å²) < 4.78 is 13.5. The molecule has 5 aromatic carbocycles. The lowest BCUT2D eigenvalue weighted by molar-refractivity contribution is -0.277. The van der Waals surface area contributed by atoms with Crippen molar-refractivity contribution in [2.24, 2.45) is 5.92 Å². The largest absolute Gasteiger partial charge is 0.392 e. The van der Waals surface area contributed by atoms with Crippen molar-refractivity contribution < 1.29 is 24.5 Å². The topological polar surface area (TPSA) is 117 Å². The number of rotatable bonds is 10. The predicted molar refractivity (Wildman–Crippen MR) is 217 cm³/mol. The lowest BCUT2D eigenvalue weighted by Gasteiger charge is -2.45. The van der Waals surface area contributed by atoms with Gasteiger partial charge >= 0.3 is 0 Å². The van der Waals surface area contributed by atoms with Gasteiger partial charge in [0.25, 0.3) is 5.91 Å². The zero-order chi connectivity index (χ0) is 38.6. The van der Waals surface area contributed by atoms with E-state index < -0.39 is 11.9 Å². The van der Waals surface area contributed by atoms with Gasteiger partial charge < -0.3 is 29.9 Å². The van der Waals surface area contributed by atoms with Gasteiger partial charge in [-0.2, -0.15) is 0 Å². The Hall–Kier alpha value is -5.00. The van der Waals surface area contributed by atoms with Crippen LogP contribution in [0, 0.1) is 5.92 Å². The van der Waals surface area contributed by atoms with Gasteiger partial charge in [0, 0.05) is 42.7 Å². The zero-order valence-electron chi connectivity index (χ0n) is 31.2. The molecule has 0 bridgehead atoms. The van der Waals surface area contributed by atoms with E-state index in [0.717, 1.165) is 57.6 Å². The Morgan fingerprint density at radius 2 is 1.55 bits per heavy atom. The number of para-hydroxylation sites is 2. The zero-order valence-corrected chi connectivity index (χ0v) is 32.0. The second-order valence-corrected chi connectivity index (χ2v) is 15.3. The molecular formula is C46H45ClN4O5. The molecule has 56 heavy (non-hydrogen) atoms. The Labute approximate surface area is 331 Å². The molecule has 3 N–H and O–H groups in total. The number of nitrogens with one attached hydrogen (secondary N) is 1. The summed E-state index contributed by atoms with van der Waals surface area (Å²) in [5.41, 5.74) is 7.54. The number of ether oxygens (including phenoxy) is 2. The molecule has 9 nitrogen and oxygen atoms in total. The standard InChI is InChI=1S/C46H45ClN4O5/c1-30-42(28-51-23-21-46(54,22-24-51)37-17-19-38(47)20-18-37)55-45(56-43(30)34-11-9-31(29-52)10-12-34)35-15-13-33(14-16-35)36-6-4-5-32(25-36)26-49-44(53)41-27-48-39-7-2-3-8-40(39)50-41/h2-20,25,27,30,42-43,45,52,54H,21-24,26,28-29H2,1H3,(H,49,53)/t30-,42+,43+,45+/m0/s1. The fraction of sp³-hybridized carbons (Fsp3) is 0.283. The average molecular weight is 769 g/mol. The summed E-state index contributed by atoms with van der Waals surface area (Å²) in [5, 5.41) is 24.8. The van der Waals surface area contributed by atoms with Crippen molar-refractivity contribution in [1.82, 2.24) is 20.2 Å². The van der Waals surface area contributed by atoms with Crippen LogP contribution in [0.25, 0.3) is 22.2 Å². The van der Waals surface area contributed by atoms with Crippen molar-refractivity contribution >= 4 is 28.5 Å². The highest BCUT2D eigenvalue weighted by molar-refractivity contribution is 6.30. The molecule has 8 rings (SSSR count). The molecule has 6 aromatic rings. The molecule has 0 unspecified atom stereocenters. The number of nitrogens with zero attached hydrogens (tertiary/aromatic N) is 3. The van der Waals surface area contributed by atoms with E-state index >= 15 is 0 Å².